The standard InChI is InChI=1S/C18H24N4O4S2/c1-13-7-9-14(10-8-13)16(23)20-17-21-22-18(27-17)28(24,25)19-11-4-12-26-15-5-2-3-6-15/h7-10,15,19H,2-6,11-12H2,1H3,(H,20,21,23). The van der Waals surface area contributed by atoms with E-state index in [2.05, 4.69) is 20.2 Å². The van der Waals surface area contributed by atoms with Crippen molar-refractivity contribution in [3.63, 3.8) is 0 Å². The molecule has 0 saturated heterocycles. The molecule has 1 aromatic heterocycles. The maximum Gasteiger partial charge on any atom is 0.269 e. The first-order chi connectivity index (χ1) is 13.4. The monoisotopic (exact) mass is 424 g/mol. The van der Waals surface area contributed by atoms with Crippen LogP contribution in [0.2, 0.25) is 0 Å². The minimum absolute atomic E-state index is 0.135. The molecule has 0 radical (unpaired) electrons. The highest BCUT2D eigenvalue weighted by molar-refractivity contribution is 7.91. The Bertz CT molecular complexity index is 891. The van der Waals surface area contributed by atoms with E-state index in [-0.39, 0.29) is 21.9 Å². The molecule has 0 bridgehead atoms. The molecule has 0 atom stereocenters. The molecular formula is C18H24N4O4S2. The Hall–Kier alpha value is -1.88. The summed E-state index contributed by atoms with van der Waals surface area (Å²) in [6.45, 7) is 2.72. The summed E-state index contributed by atoms with van der Waals surface area (Å²) in [4.78, 5) is 12.2. The number of nitrogens with one attached hydrogen (secondary N) is 2. The van der Waals surface area contributed by atoms with E-state index in [9.17, 15) is 13.2 Å². The van der Waals surface area contributed by atoms with Gasteiger partial charge in [-0.25, -0.2) is 13.1 Å². The summed E-state index contributed by atoms with van der Waals surface area (Å²) >= 11 is 0.814. The molecule has 2 N–H and O–H groups in total. The Morgan fingerprint density at radius 1 is 1.21 bits per heavy atom. The fourth-order valence-corrected chi connectivity index (χ4v) is 4.90. The van der Waals surface area contributed by atoms with Gasteiger partial charge in [0.15, 0.2) is 0 Å². The summed E-state index contributed by atoms with van der Waals surface area (Å²) in [6.07, 6.45) is 5.50. The van der Waals surface area contributed by atoms with Crippen molar-refractivity contribution < 1.29 is 17.9 Å². The van der Waals surface area contributed by atoms with E-state index < -0.39 is 10.0 Å². The summed E-state index contributed by atoms with van der Waals surface area (Å²) in [6, 6.07) is 7.04. The number of rotatable bonds is 9. The largest absolute Gasteiger partial charge is 0.378 e. The SMILES string of the molecule is Cc1ccc(C(=O)Nc2nnc(S(=O)(=O)NCCCOC3CCCC3)s2)cc1. The van der Waals surface area contributed by atoms with Crippen molar-refractivity contribution in [3.05, 3.63) is 35.4 Å². The molecule has 3 rings (SSSR count). The molecule has 1 aliphatic carbocycles. The van der Waals surface area contributed by atoms with Gasteiger partial charge in [-0.1, -0.05) is 41.9 Å². The van der Waals surface area contributed by atoms with Crippen molar-refractivity contribution in [2.24, 2.45) is 0 Å². The molecule has 2 aromatic rings. The lowest BCUT2D eigenvalue weighted by atomic mass is 10.1. The summed E-state index contributed by atoms with van der Waals surface area (Å²) in [7, 11) is -3.76. The highest BCUT2D eigenvalue weighted by Gasteiger charge is 2.21. The molecule has 0 aliphatic heterocycles. The summed E-state index contributed by atoms with van der Waals surface area (Å²) in [5, 5.41) is 10.1. The molecule has 1 heterocycles. The normalized spacial score (nSPS) is 15.0. The first-order valence-electron chi connectivity index (χ1n) is 9.27. The second-order valence-electron chi connectivity index (χ2n) is 6.72. The Morgan fingerprint density at radius 2 is 1.93 bits per heavy atom. The number of amides is 1. The quantitative estimate of drug-likeness (QED) is 0.473. The maximum atomic E-state index is 12.3. The Kier molecular flexibility index (Phi) is 7.11. The van der Waals surface area contributed by atoms with Gasteiger partial charge in [0.25, 0.3) is 15.9 Å². The third kappa shape index (κ3) is 5.81. The van der Waals surface area contributed by atoms with Gasteiger partial charge in [0, 0.05) is 18.7 Å². The smallest absolute Gasteiger partial charge is 0.269 e. The van der Waals surface area contributed by atoms with Crippen LogP contribution in [0.25, 0.3) is 0 Å². The Balaban J connectivity index is 1.47. The second-order valence-corrected chi connectivity index (χ2v) is 9.64. The lowest BCUT2D eigenvalue weighted by Crippen LogP contribution is -2.26. The topological polar surface area (TPSA) is 110 Å². The molecule has 28 heavy (non-hydrogen) atoms. The van der Waals surface area contributed by atoms with Crippen LogP contribution in [0.3, 0.4) is 0 Å². The number of aromatic nitrogens is 2. The molecule has 1 amide bonds. The van der Waals surface area contributed by atoms with Gasteiger partial charge >= 0.3 is 0 Å². The van der Waals surface area contributed by atoms with E-state index in [4.69, 9.17) is 4.74 Å². The summed E-state index contributed by atoms with van der Waals surface area (Å²) in [5.41, 5.74) is 1.51. The van der Waals surface area contributed by atoms with E-state index in [1.165, 1.54) is 12.8 Å². The van der Waals surface area contributed by atoms with Crippen molar-refractivity contribution in [1.82, 2.24) is 14.9 Å². The van der Waals surface area contributed by atoms with Crippen LogP contribution < -0.4 is 10.0 Å². The van der Waals surface area contributed by atoms with Gasteiger partial charge in [-0.2, -0.15) is 0 Å². The van der Waals surface area contributed by atoms with Crippen LogP contribution >= 0.6 is 11.3 Å². The average Bonchev–Trinajstić information content (AvgIpc) is 3.34. The van der Waals surface area contributed by atoms with Crippen LogP contribution in [0.5, 0.6) is 0 Å². The maximum absolute atomic E-state index is 12.3. The first-order valence-corrected chi connectivity index (χ1v) is 11.6. The zero-order valence-corrected chi connectivity index (χ0v) is 17.3. The lowest BCUT2D eigenvalue weighted by Gasteiger charge is -2.10. The van der Waals surface area contributed by atoms with E-state index in [1.54, 1.807) is 12.1 Å². The minimum atomic E-state index is -3.76. The number of anilines is 1. The Labute approximate surface area is 168 Å². The van der Waals surface area contributed by atoms with Crippen molar-refractivity contribution in [1.29, 1.82) is 0 Å². The number of carbonyl (C=O) groups excluding carboxylic acids is 1. The van der Waals surface area contributed by atoms with Crippen LogP contribution in [-0.2, 0) is 14.8 Å². The molecule has 1 aromatic carbocycles. The zero-order chi connectivity index (χ0) is 20.0. The number of aryl methyl sites for hydroxylation is 1. The third-order valence-electron chi connectivity index (χ3n) is 4.44. The number of ether oxygens (including phenoxy) is 1. The lowest BCUT2D eigenvalue weighted by molar-refractivity contribution is 0.0575. The number of hydrogen-bond acceptors (Lipinski definition) is 7. The number of hydrogen-bond donors (Lipinski definition) is 2. The van der Waals surface area contributed by atoms with Gasteiger partial charge in [0.1, 0.15) is 0 Å². The van der Waals surface area contributed by atoms with E-state index >= 15 is 0 Å². The third-order valence-corrected chi connectivity index (χ3v) is 7.11. The highest BCUT2D eigenvalue weighted by Crippen LogP contribution is 2.22. The van der Waals surface area contributed by atoms with E-state index in [1.807, 2.05) is 19.1 Å². The summed E-state index contributed by atoms with van der Waals surface area (Å²) in [5.74, 6) is -0.364. The number of carbonyl (C=O) groups is 1. The predicted octanol–water partition coefficient (Wildman–Crippen LogP) is 2.73. The fourth-order valence-electron chi connectivity index (χ4n) is 2.89. The van der Waals surface area contributed by atoms with Gasteiger partial charge in [-0.3, -0.25) is 10.1 Å². The molecule has 10 heteroatoms. The van der Waals surface area contributed by atoms with Gasteiger partial charge < -0.3 is 4.74 Å². The predicted molar refractivity (Wildman–Crippen MR) is 107 cm³/mol. The molecular weight excluding hydrogens is 400 g/mol. The number of sulfonamides is 1. The van der Waals surface area contributed by atoms with Crippen molar-refractivity contribution in [2.75, 3.05) is 18.5 Å². The highest BCUT2D eigenvalue weighted by atomic mass is 32.2. The van der Waals surface area contributed by atoms with Crippen LogP contribution in [-0.4, -0.2) is 43.8 Å². The van der Waals surface area contributed by atoms with Gasteiger partial charge in [0.05, 0.1) is 6.10 Å². The van der Waals surface area contributed by atoms with Gasteiger partial charge in [-0.05, 0) is 38.3 Å². The Morgan fingerprint density at radius 3 is 2.64 bits per heavy atom. The minimum Gasteiger partial charge on any atom is -0.378 e. The molecule has 152 valence electrons. The summed E-state index contributed by atoms with van der Waals surface area (Å²) < 4.78 is 32.6. The van der Waals surface area contributed by atoms with Gasteiger partial charge in [-0.15, -0.1) is 10.2 Å². The molecule has 0 spiro atoms. The van der Waals surface area contributed by atoms with Crippen molar-refractivity contribution >= 4 is 32.4 Å². The number of nitrogens with zero attached hydrogens (tertiary/aromatic N) is 2. The van der Waals surface area contributed by atoms with Crippen LogP contribution in [0.15, 0.2) is 28.6 Å². The zero-order valence-electron chi connectivity index (χ0n) is 15.7. The molecule has 8 nitrogen and oxygen atoms in total. The molecule has 1 aliphatic rings. The van der Waals surface area contributed by atoms with Gasteiger partial charge in [0.2, 0.25) is 9.47 Å². The molecule has 0 unspecified atom stereocenters. The fraction of sp³-hybridized carbons (Fsp3) is 0.500. The van der Waals surface area contributed by atoms with Crippen molar-refractivity contribution in [2.45, 2.75) is 49.5 Å². The van der Waals surface area contributed by atoms with Crippen molar-refractivity contribution in [3.8, 4) is 0 Å². The second kappa shape index (κ2) is 9.55. The van der Waals surface area contributed by atoms with Crippen LogP contribution in [0.1, 0.15) is 48.0 Å². The van der Waals surface area contributed by atoms with Crippen LogP contribution in [0, 0.1) is 6.92 Å². The molecule has 1 saturated carbocycles. The van der Waals surface area contributed by atoms with E-state index in [0.717, 1.165) is 29.7 Å². The van der Waals surface area contributed by atoms with E-state index in [0.29, 0.717) is 24.7 Å². The average molecular weight is 425 g/mol. The van der Waals surface area contributed by atoms with Crippen LogP contribution in [0.4, 0.5) is 5.13 Å². The molecule has 1 fully saturated rings. The number of benzene rings is 1. The first kappa shape index (κ1) is 20.8.